The van der Waals surface area contributed by atoms with Gasteiger partial charge in [0.15, 0.2) is 0 Å². The summed E-state index contributed by atoms with van der Waals surface area (Å²) < 4.78 is 18.3. The van der Waals surface area contributed by atoms with Gasteiger partial charge in [-0.25, -0.2) is 4.39 Å². The van der Waals surface area contributed by atoms with E-state index in [1.54, 1.807) is 6.92 Å². The van der Waals surface area contributed by atoms with Crippen LogP contribution in [0.4, 0.5) is 4.39 Å². The molecule has 2 unspecified atom stereocenters. The molecule has 122 valence electrons. The number of carbonyl (C=O) groups excluding carboxylic acids is 1. The first kappa shape index (κ1) is 17.1. The molecule has 0 aromatic heterocycles. The van der Waals surface area contributed by atoms with E-state index >= 15 is 0 Å². The molecule has 2 aromatic rings. The highest BCUT2D eigenvalue weighted by Crippen LogP contribution is 2.12. The van der Waals surface area contributed by atoms with Gasteiger partial charge in [-0.2, -0.15) is 0 Å². The van der Waals surface area contributed by atoms with Crippen molar-refractivity contribution in [3.05, 3.63) is 71.5 Å². The summed E-state index contributed by atoms with van der Waals surface area (Å²) in [6.07, 6.45) is -1.52. The third-order valence-corrected chi connectivity index (χ3v) is 3.44. The zero-order chi connectivity index (χ0) is 16.7. The number of aliphatic hydroxyl groups excluding tert-OH is 1. The van der Waals surface area contributed by atoms with Crippen molar-refractivity contribution in [3.63, 3.8) is 0 Å². The zero-order valence-corrected chi connectivity index (χ0v) is 12.9. The Labute approximate surface area is 134 Å². The van der Waals surface area contributed by atoms with Gasteiger partial charge in [-0.3, -0.25) is 4.79 Å². The SMILES string of the molecule is CC(OCc1ccccc1)C(=O)NCC(O)c1ccc(F)cc1. The van der Waals surface area contributed by atoms with Gasteiger partial charge in [-0.1, -0.05) is 42.5 Å². The van der Waals surface area contributed by atoms with Crippen molar-refractivity contribution < 1.29 is 19.0 Å². The molecule has 0 saturated carbocycles. The fraction of sp³-hybridized carbons (Fsp3) is 0.278. The van der Waals surface area contributed by atoms with Gasteiger partial charge in [0.1, 0.15) is 11.9 Å². The Hall–Kier alpha value is -2.24. The highest BCUT2D eigenvalue weighted by atomic mass is 19.1. The summed E-state index contributed by atoms with van der Waals surface area (Å²) >= 11 is 0. The Morgan fingerprint density at radius 2 is 1.83 bits per heavy atom. The van der Waals surface area contributed by atoms with E-state index in [-0.39, 0.29) is 18.3 Å². The molecule has 0 fully saturated rings. The van der Waals surface area contributed by atoms with Gasteiger partial charge in [0.05, 0.1) is 12.7 Å². The fourth-order valence-electron chi connectivity index (χ4n) is 2.01. The largest absolute Gasteiger partial charge is 0.387 e. The normalized spacial score (nSPS) is 13.3. The van der Waals surface area contributed by atoms with E-state index in [4.69, 9.17) is 4.74 Å². The molecule has 1 amide bonds. The highest BCUT2D eigenvalue weighted by Gasteiger charge is 2.15. The molecule has 0 aliphatic heterocycles. The Bertz CT molecular complexity index is 616. The maximum Gasteiger partial charge on any atom is 0.248 e. The van der Waals surface area contributed by atoms with Crippen LogP contribution in [0.15, 0.2) is 54.6 Å². The van der Waals surface area contributed by atoms with E-state index in [0.717, 1.165) is 5.56 Å². The molecular weight excluding hydrogens is 297 g/mol. The number of nitrogens with one attached hydrogen (secondary N) is 1. The number of amides is 1. The molecule has 0 bridgehead atoms. The maximum absolute atomic E-state index is 12.8. The topological polar surface area (TPSA) is 58.6 Å². The minimum absolute atomic E-state index is 0.0451. The lowest BCUT2D eigenvalue weighted by atomic mass is 10.1. The Balaban J connectivity index is 1.76. The lowest BCUT2D eigenvalue weighted by molar-refractivity contribution is -0.132. The molecule has 2 rings (SSSR count). The summed E-state index contributed by atoms with van der Waals surface area (Å²) in [5.41, 5.74) is 1.53. The van der Waals surface area contributed by atoms with Crippen LogP contribution in [0.3, 0.4) is 0 Å². The van der Waals surface area contributed by atoms with Crippen LogP contribution in [0, 0.1) is 5.82 Å². The summed E-state index contributed by atoms with van der Waals surface area (Å²) in [6.45, 7) is 2.04. The minimum atomic E-state index is -0.888. The van der Waals surface area contributed by atoms with Gasteiger partial charge in [0, 0.05) is 6.54 Å². The lowest BCUT2D eigenvalue weighted by Crippen LogP contribution is -2.36. The summed E-state index contributed by atoms with van der Waals surface area (Å²) in [5, 5.41) is 12.6. The van der Waals surface area contributed by atoms with Gasteiger partial charge >= 0.3 is 0 Å². The number of carbonyl (C=O) groups is 1. The summed E-state index contributed by atoms with van der Waals surface area (Å²) in [6, 6.07) is 15.1. The summed E-state index contributed by atoms with van der Waals surface area (Å²) in [4.78, 5) is 11.9. The predicted molar refractivity (Wildman–Crippen MR) is 85.1 cm³/mol. The van der Waals surface area contributed by atoms with Crippen LogP contribution >= 0.6 is 0 Å². The number of halogens is 1. The molecule has 23 heavy (non-hydrogen) atoms. The molecule has 2 N–H and O–H groups in total. The molecular formula is C18H20FNO3. The van der Waals surface area contributed by atoms with Crippen LogP contribution in [0.2, 0.25) is 0 Å². The minimum Gasteiger partial charge on any atom is -0.387 e. The summed E-state index contributed by atoms with van der Waals surface area (Å²) in [5.74, 6) is -0.671. The van der Waals surface area contributed by atoms with E-state index in [0.29, 0.717) is 12.2 Å². The Kier molecular flexibility index (Phi) is 6.26. The van der Waals surface area contributed by atoms with Gasteiger partial charge in [-0.05, 0) is 30.2 Å². The van der Waals surface area contributed by atoms with E-state index < -0.39 is 12.2 Å². The van der Waals surface area contributed by atoms with Crippen molar-refractivity contribution in [1.29, 1.82) is 0 Å². The first-order chi connectivity index (χ1) is 11.1. The van der Waals surface area contributed by atoms with Crippen LogP contribution in [-0.2, 0) is 16.1 Å². The van der Waals surface area contributed by atoms with Crippen molar-refractivity contribution in [2.45, 2.75) is 25.7 Å². The summed E-state index contributed by atoms with van der Waals surface area (Å²) in [7, 11) is 0. The van der Waals surface area contributed by atoms with Gasteiger partial charge < -0.3 is 15.2 Å². The van der Waals surface area contributed by atoms with Crippen molar-refractivity contribution in [2.24, 2.45) is 0 Å². The third-order valence-electron chi connectivity index (χ3n) is 3.44. The lowest BCUT2D eigenvalue weighted by Gasteiger charge is -2.16. The molecule has 0 aliphatic rings. The maximum atomic E-state index is 12.8. The number of rotatable bonds is 7. The first-order valence-electron chi connectivity index (χ1n) is 7.43. The van der Waals surface area contributed by atoms with Crippen molar-refractivity contribution in [2.75, 3.05) is 6.54 Å². The number of benzene rings is 2. The molecule has 2 atom stereocenters. The van der Waals surface area contributed by atoms with Crippen LogP contribution in [0.1, 0.15) is 24.2 Å². The second-order valence-electron chi connectivity index (χ2n) is 5.25. The average molecular weight is 317 g/mol. The van der Waals surface area contributed by atoms with Gasteiger partial charge in [0.2, 0.25) is 5.91 Å². The van der Waals surface area contributed by atoms with Crippen molar-refractivity contribution >= 4 is 5.91 Å². The molecule has 2 aromatic carbocycles. The van der Waals surface area contributed by atoms with E-state index in [1.807, 2.05) is 30.3 Å². The molecule has 0 saturated heterocycles. The second kappa shape index (κ2) is 8.41. The van der Waals surface area contributed by atoms with Crippen molar-refractivity contribution in [1.82, 2.24) is 5.32 Å². The first-order valence-corrected chi connectivity index (χ1v) is 7.43. The molecule has 5 heteroatoms. The third kappa shape index (κ3) is 5.47. The molecule has 0 radical (unpaired) electrons. The van der Waals surface area contributed by atoms with Gasteiger partial charge in [-0.15, -0.1) is 0 Å². The van der Waals surface area contributed by atoms with Crippen LogP contribution in [0.5, 0.6) is 0 Å². The van der Waals surface area contributed by atoms with E-state index in [9.17, 15) is 14.3 Å². The van der Waals surface area contributed by atoms with E-state index in [1.165, 1.54) is 24.3 Å². The van der Waals surface area contributed by atoms with Crippen molar-refractivity contribution in [3.8, 4) is 0 Å². The molecule has 0 heterocycles. The number of hydrogen-bond acceptors (Lipinski definition) is 3. The van der Waals surface area contributed by atoms with E-state index in [2.05, 4.69) is 5.32 Å². The predicted octanol–water partition coefficient (Wildman–Crippen LogP) is 2.58. The van der Waals surface area contributed by atoms with Crippen LogP contribution < -0.4 is 5.32 Å². The fourth-order valence-corrected chi connectivity index (χ4v) is 2.01. The molecule has 4 nitrogen and oxygen atoms in total. The van der Waals surface area contributed by atoms with Crippen LogP contribution in [-0.4, -0.2) is 23.7 Å². The average Bonchev–Trinajstić information content (AvgIpc) is 2.58. The zero-order valence-electron chi connectivity index (χ0n) is 12.9. The standard InChI is InChI=1S/C18H20FNO3/c1-13(23-12-14-5-3-2-4-6-14)18(22)20-11-17(21)15-7-9-16(19)10-8-15/h2-10,13,17,21H,11-12H2,1H3,(H,20,22). The molecule has 0 spiro atoms. The monoisotopic (exact) mass is 317 g/mol. The number of hydrogen-bond donors (Lipinski definition) is 2. The van der Waals surface area contributed by atoms with Gasteiger partial charge in [0.25, 0.3) is 0 Å². The highest BCUT2D eigenvalue weighted by molar-refractivity contribution is 5.80. The Morgan fingerprint density at radius 1 is 1.17 bits per heavy atom. The smallest absolute Gasteiger partial charge is 0.248 e. The Morgan fingerprint density at radius 3 is 2.48 bits per heavy atom. The molecule has 0 aliphatic carbocycles. The second-order valence-corrected chi connectivity index (χ2v) is 5.25. The quantitative estimate of drug-likeness (QED) is 0.825. The number of aliphatic hydroxyl groups is 1. The van der Waals surface area contributed by atoms with Crippen LogP contribution in [0.25, 0.3) is 0 Å². The number of ether oxygens (including phenoxy) is 1.